The van der Waals surface area contributed by atoms with E-state index in [1.165, 1.54) is 26.4 Å². The molecular formula is C30H27F3N2O5. The van der Waals surface area contributed by atoms with E-state index >= 15 is 0 Å². The van der Waals surface area contributed by atoms with Gasteiger partial charge in [-0.2, -0.15) is 13.2 Å². The molecule has 3 atom stereocenters. The van der Waals surface area contributed by atoms with E-state index in [9.17, 15) is 22.8 Å². The van der Waals surface area contributed by atoms with Crippen molar-refractivity contribution in [3.8, 4) is 17.2 Å². The van der Waals surface area contributed by atoms with Crippen molar-refractivity contribution in [3.63, 3.8) is 0 Å². The van der Waals surface area contributed by atoms with Crippen LogP contribution in [0.3, 0.4) is 0 Å². The first-order valence-electron chi connectivity index (χ1n) is 12.5. The number of nitrogens with one attached hydrogen (secondary N) is 1. The molecule has 1 heterocycles. The molecule has 1 amide bonds. The van der Waals surface area contributed by atoms with Crippen LogP contribution in [0, 0.1) is 5.92 Å². The molecule has 2 aliphatic rings. The summed E-state index contributed by atoms with van der Waals surface area (Å²) in [6.07, 6.45) is -3.30. The molecule has 0 fully saturated rings. The summed E-state index contributed by atoms with van der Waals surface area (Å²) >= 11 is 0. The summed E-state index contributed by atoms with van der Waals surface area (Å²) < 4.78 is 58.3. The molecule has 0 saturated carbocycles. The van der Waals surface area contributed by atoms with Crippen molar-refractivity contribution in [2.75, 3.05) is 31.5 Å². The summed E-state index contributed by atoms with van der Waals surface area (Å²) in [5.41, 5.74) is 1.85. The minimum absolute atomic E-state index is 0.00806. The molecule has 208 valence electrons. The number of benzene rings is 3. The lowest BCUT2D eigenvalue weighted by molar-refractivity contribution is -0.171. The maximum Gasteiger partial charge on any atom is 0.471 e. The number of hydrogen-bond acceptors (Lipinski definition) is 6. The minimum Gasteiger partial charge on any atom is -0.497 e. The Morgan fingerprint density at radius 1 is 0.900 bits per heavy atom. The number of hydrogen-bond donors (Lipinski definition) is 1. The monoisotopic (exact) mass is 552 g/mol. The number of fused-ring (bicyclic) bond motifs is 2. The van der Waals surface area contributed by atoms with Gasteiger partial charge in [0.05, 0.1) is 44.7 Å². The highest BCUT2D eigenvalue weighted by Gasteiger charge is 2.51. The predicted molar refractivity (Wildman–Crippen MR) is 143 cm³/mol. The average Bonchev–Trinajstić information content (AvgIpc) is 3.10. The molecule has 10 heteroatoms. The molecule has 0 saturated heterocycles. The van der Waals surface area contributed by atoms with Crippen molar-refractivity contribution >= 4 is 23.1 Å². The highest BCUT2D eigenvalue weighted by molar-refractivity contribution is 6.03. The van der Waals surface area contributed by atoms with Gasteiger partial charge in [-0.3, -0.25) is 14.5 Å². The Balaban J connectivity index is 1.73. The van der Waals surface area contributed by atoms with Crippen LogP contribution in [-0.4, -0.2) is 39.2 Å². The van der Waals surface area contributed by atoms with E-state index in [-0.39, 0.29) is 35.2 Å². The van der Waals surface area contributed by atoms with Gasteiger partial charge in [0.15, 0.2) is 11.5 Å². The third kappa shape index (κ3) is 4.85. The molecule has 3 aromatic rings. The summed E-state index contributed by atoms with van der Waals surface area (Å²) in [5, 5.41) is 3.20. The number of ketones is 1. The third-order valence-corrected chi connectivity index (χ3v) is 7.27. The van der Waals surface area contributed by atoms with E-state index in [4.69, 9.17) is 14.2 Å². The number of carbonyl (C=O) groups excluding carboxylic acids is 2. The molecule has 0 unspecified atom stereocenters. The van der Waals surface area contributed by atoms with Crippen LogP contribution in [0.25, 0.3) is 0 Å². The normalized spacial score (nSPS) is 20.4. The first kappa shape index (κ1) is 27.1. The Hall–Kier alpha value is -4.47. The number of amides is 1. The molecule has 0 spiro atoms. The minimum atomic E-state index is -5.19. The van der Waals surface area contributed by atoms with Gasteiger partial charge in [0.2, 0.25) is 0 Å². The zero-order chi connectivity index (χ0) is 28.6. The molecule has 0 aromatic heterocycles. The Labute approximate surface area is 229 Å². The van der Waals surface area contributed by atoms with Crippen LogP contribution in [-0.2, 0) is 9.59 Å². The summed E-state index contributed by atoms with van der Waals surface area (Å²) in [6, 6.07) is 16.8. The smallest absolute Gasteiger partial charge is 0.471 e. The quantitative estimate of drug-likeness (QED) is 0.417. The molecule has 0 bridgehead atoms. The fraction of sp³-hybridized carbons (Fsp3) is 0.267. The second-order valence-corrected chi connectivity index (χ2v) is 9.52. The van der Waals surface area contributed by atoms with Gasteiger partial charge in [-0.15, -0.1) is 0 Å². The number of allylic oxidation sites excluding steroid dienone is 1. The van der Waals surface area contributed by atoms with E-state index in [1.54, 1.807) is 49.6 Å². The standard InChI is InChI=1S/C30H27F3N2O5/c1-38-20-11-8-17(9-12-20)19-14-22-27(24(36)15-19)28(18-10-13-25(39-2)26(16-18)40-3)35(29(37)30(31,32)33)23-7-5-4-6-21(23)34-22/h4-14,16,19,27-28,34H,15H2,1-3H3/t19-,27-,28-/m0/s1. The molecule has 1 aliphatic heterocycles. The Bertz CT molecular complexity index is 1470. The van der Waals surface area contributed by atoms with Gasteiger partial charge in [-0.25, -0.2) is 0 Å². The van der Waals surface area contributed by atoms with Crippen molar-refractivity contribution in [2.24, 2.45) is 5.92 Å². The van der Waals surface area contributed by atoms with Crippen LogP contribution < -0.4 is 24.4 Å². The van der Waals surface area contributed by atoms with Crippen LogP contribution in [0.5, 0.6) is 17.2 Å². The second-order valence-electron chi connectivity index (χ2n) is 9.52. The van der Waals surface area contributed by atoms with Crippen LogP contribution in [0.4, 0.5) is 24.5 Å². The number of Topliss-reactive ketones (excluding diaryl/α,β-unsaturated/α-hetero) is 1. The van der Waals surface area contributed by atoms with Gasteiger partial charge in [0, 0.05) is 18.0 Å². The number of methoxy groups -OCH3 is 3. The summed E-state index contributed by atoms with van der Waals surface area (Å²) in [4.78, 5) is 27.7. The van der Waals surface area contributed by atoms with Crippen LogP contribution >= 0.6 is 0 Å². The highest BCUT2D eigenvalue weighted by atomic mass is 19.4. The maximum atomic E-state index is 14.1. The van der Waals surface area contributed by atoms with Gasteiger partial charge in [0.25, 0.3) is 0 Å². The molecule has 1 aliphatic carbocycles. The third-order valence-electron chi connectivity index (χ3n) is 7.27. The van der Waals surface area contributed by atoms with Gasteiger partial charge in [-0.1, -0.05) is 36.4 Å². The van der Waals surface area contributed by atoms with Crippen molar-refractivity contribution in [3.05, 3.63) is 89.6 Å². The average molecular weight is 553 g/mol. The number of anilines is 2. The summed E-state index contributed by atoms with van der Waals surface area (Å²) in [7, 11) is 4.40. The zero-order valence-electron chi connectivity index (χ0n) is 22.0. The van der Waals surface area contributed by atoms with Crippen LogP contribution in [0.2, 0.25) is 0 Å². The molecule has 40 heavy (non-hydrogen) atoms. The number of nitrogens with zero attached hydrogens (tertiary/aromatic N) is 1. The SMILES string of the molecule is COc1ccc([C@H]2C=C3Nc4ccccc4N(C(=O)C(F)(F)F)[C@@H](c4ccc(OC)c(OC)c4)[C@@H]3C(=O)C2)cc1. The lowest BCUT2D eigenvalue weighted by Gasteiger charge is -2.38. The molecule has 1 N–H and O–H groups in total. The first-order chi connectivity index (χ1) is 19.2. The van der Waals surface area contributed by atoms with Crippen molar-refractivity contribution < 1.29 is 37.0 Å². The van der Waals surface area contributed by atoms with Crippen molar-refractivity contribution in [1.82, 2.24) is 0 Å². The lowest BCUT2D eigenvalue weighted by Crippen LogP contribution is -2.47. The number of carbonyl (C=O) groups is 2. The van der Waals surface area contributed by atoms with Crippen LogP contribution in [0.15, 0.2) is 78.5 Å². The molecular weight excluding hydrogens is 525 g/mol. The number of para-hydroxylation sites is 2. The zero-order valence-corrected chi connectivity index (χ0v) is 22.0. The fourth-order valence-electron chi connectivity index (χ4n) is 5.42. The van der Waals surface area contributed by atoms with Gasteiger partial charge in [0.1, 0.15) is 11.5 Å². The molecule has 5 rings (SSSR count). The van der Waals surface area contributed by atoms with E-state index in [0.717, 1.165) is 5.56 Å². The number of alkyl halides is 3. The van der Waals surface area contributed by atoms with E-state index in [1.807, 2.05) is 18.2 Å². The molecule has 3 aromatic carbocycles. The molecule has 7 nitrogen and oxygen atoms in total. The predicted octanol–water partition coefficient (Wildman–Crippen LogP) is 6.03. The van der Waals surface area contributed by atoms with Gasteiger partial charge >= 0.3 is 12.1 Å². The first-order valence-corrected chi connectivity index (χ1v) is 12.5. The Kier molecular flexibility index (Phi) is 7.18. The van der Waals surface area contributed by atoms with Gasteiger partial charge in [-0.05, 0) is 47.5 Å². The maximum absolute atomic E-state index is 14.1. The Morgan fingerprint density at radius 2 is 1.57 bits per heavy atom. The van der Waals surface area contributed by atoms with E-state index in [2.05, 4.69) is 5.32 Å². The van der Waals surface area contributed by atoms with Crippen LogP contribution in [0.1, 0.15) is 29.5 Å². The second kappa shape index (κ2) is 10.6. The summed E-state index contributed by atoms with van der Waals surface area (Å²) in [5.74, 6) is -2.54. The highest BCUT2D eigenvalue weighted by Crippen LogP contribution is 2.49. The summed E-state index contributed by atoms with van der Waals surface area (Å²) in [6.45, 7) is 0. The van der Waals surface area contributed by atoms with Gasteiger partial charge < -0.3 is 19.5 Å². The van der Waals surface area contributed by atoms with E-state index in [0.29, 0.717) is 27.7 Å². The fourth-order valence-corrected chi connectivity index (χ4v) is 5.42. The number of rotatable bonds is 5. The molecule has 0 radical (unpaired) electrons. The van der Waals surface area contributed by atoms with E-state index < -0.39 is 24.0 Å². The Morgan fingerprint density at radius 3 is 2.23 bits per heavy atom. The van der Waals surface area contributed by atoms with Crippen molar-refractivity contribution in [2.45, 2.75) is 24.6 Å². The number of ether oxygens (including phenoxy) is 3. The number of halogens is 3. The lowest BCUT2D eigenvalue weighted by atomic mass is 9.76. The van der Waals surface area contributed by atoms with Crippen molar-refractivity contribution in [1.29, 1.82) is 0 Å². The largest absolute Gasteiger partial charge is 0.497 e. The topological polar surface area (TPSA) is 77.1 Å².